The fourth-order valence-electron chi connectivity index (χ4n) is 3.07. The largest absolute Gasteiger partial charge is 0.493 e. The first-order valence-corrected chi connectivity index (χ1v) is 8.63. The molecule has 1 aliphatic rings. The highest BCUT2D eigenvalue weighted by Gasteiger charge is 2.30. The number of fused-ring (bicyclic) bond motifs is 1. The number of carbonyl (C=O) groups excluding carboxylic acids is 1. The quantitative estimate of drug-likeness (QED) is 0.775. The summed E-state index contributed by atoms with van der Waals surface area (Å²) in [5, 5.41) is 0. The van der Waals surface area contributed by atoms with Gasteiger partial charge in [-0.3, -0.25) is 4.79 Å². The molecule has 5 nitrogen and oxygen atoms in total. The van der Waals surface area contributed by atoms with E-state index in [-0.39, 0.29) is 18.3 Å². The lowest BCUT2D eigenvalue weighted by Crippen LogP contribution is -2.38. The Labute approximate surface area is 160 Å². The molecule has 1 amide bonds. The summed E-state index contributed by atoms with van der Waals surface area (Å²) in [4.78, 5) is 14.1. The third kappa shape index (κ3) is 4.32. The van der Waals surface area contributed by atoms with Crippen LogP contribution >= 0.6 is 0 Å². The van der Waals surface area contributed by atoms with E-state index in [2.05, 4.69) is 0 Å². The molecule has 0 aliphatic carbocycles. The standard InChI is InChI=1S/C20H20F3NO4/c1-26-17-9-13-7-8-24(11-14(13)10-18(17)27-2)19(25)12-28-16-5-3-15(4-6-16)20(21,22)23/h3-6,9-10H,7-8,11-12H2,1-2H3. The van der Waals surface area contributed by atoms with E-state index >= 15 is 0 Å². The van der Waals surface area contributed by atoms with Crippen LogP contribution in [0.2, 0.25) is 0 Å². The molecule has 8 heteroatoms. The summed E-state index contributed by atoms with van der Waals surface area (Å²) in [6.45, 7) is 0.691. The van der Waals surface area contributed by atoms with Crippen LogP contribution in [0.1, 0.15) is 16.7 Å². The van der Waals surface area contributed by atoms with Gasteiger partial charge in [-0.05, 0) is 53.9 Å². The molecule has 28 heavy (non-hydrogen) atoms. The van der Waals surface area contributed by atoms with Crippen molar-refractivity contribution < 1.29 is 32.2 Å². The SMILES string of the molecule is COc1cc2c(cc1OC)CN(C(=O)COc1ccc(C(F)(F)F)cc1)CC2. The highest BCUT2D eigenvalue weighted by molar-refractivity contribution is 5.78. The Kier molecular flexibility index (Phi) is 5.67. The zero-order chi connectivity index (χ0) is 20.3. The molecule has 0 saturated heterocycles. The highest BCUT2D eigenvalue weighted by Crippen LogP contribution is 2.33. The fraction of sp³-hybridized carbons (Fsp3) is 0.350. The molecule has 3 rings (SSSR count). The van der Waals surface area contributed by atoms with Crippen molar-refractivity contribution in [2.45, 2.75) is 19.1 Å². The van der Waals surface area contributed by atoms with Crippen molar-refractivity contribution in [3.05, 3.63) is 53.1 Å². The van der Waals surface area contributed by atoms with Gasteiger partial charge in [0.15, 0.2) is 18.1 Å². The second kappa shape index (κ2) is 8.00. The number of carbonyl (C=O) groups is 1. The van der Waals surface area contributed by atoms with Crippen molar-refractivity contribution in [2.24, 2.45) is 0 Å². The van der Waals surface area contributed by atoms with E-state index in [9.17, 15) is 18.0 Å². The van der Waals surface area contributed by atoms with Crippen LogP contribution in [-0.4, -0.2) is 38.2 Å². The molecule has 0 aromatic heterocycles. The molecule has 0 radical (unpaired) electrons. The van der Waals surface area contributed by atoms with Gasteiger partial charge in [0, 0.05) is 13.1 Å². The molecular weight excluding hydrogens is 375 g/mol. The van der Waals surface area contributed by atoms with Crippen molar-refractivity contribution >= 4 is 5.91 Å². The minimum atomic E-state index is -4.40. The first-order chi connectivity index (χ1) is 13.3. The number of amides is 1. The fourth-order valence-corrected chi connectivity index (χ4v) is 3.07. The summed E-state index contributed by atoms with van der Waals surface area (Å²) < 4.78 is 53.7. The third-order valence-corrected chi connectivity index (χ3v) is 4.61. The zero-order valence-electron chi connectivity index (χ0n) is 15.5. The molecule has 2 aromatic rings. The van der Waals surface area contributed by atoms with E-state index in [0.29, 0.717) is 31.0 Å². The van der Waals surface area contributed by atoms with Crippen LogP contribution in [0, 0.1) is 0 Å². The zero-order valence-corrected chi connectivity index (χ0v) is 15.5. The summed E-state index contributed by atoms with van der Waals surface area (Å²) in [6.07, 6.45) is -3.74. The second-order valence-corrected chi connectivity index (χ2v) is 6.35. The van der Waals surface area contributed by atoms with Crippen LogP contribution in [0.15, 0.2) is 36.4 Å². The summed E-state index contributed by atoms with van der Waals surface area (Å²) in [6, 6.07) is 8.03. The minimum absolute atomic E-state index is 0.213. The molecule has 0 saturated carbocycles. The maximum atomic E-state index is 12.6. The smallest absolute Gasteiger partial charge is 0.416 e. The van der Waals surface area contributed by atoms with Crippen molar-refractivity contribution in [2.75, 3.05) is 27.4 Å². The summed E-state index contributed by atoms with van der Waals surface area (Å²) in [5.74, 6) is 1.22. The minimum Gasteiger partial charge on any atom is -0.493 e. The number of halogens is 3. The first kappa shape index (κ1) is 19.9. The Bertz CT molecular complexity index is 850. The molecule has 0 fully saturated rings. The normalized spacial score (nSPS) is 13.7. The predicted octanol–water partition coefficient (Wildman–Crippen LogP) is 3.69. The van der Waals surface area contributed by atoms with Crippen LogP contribution in [0.5, 0.6) is 17.2 Å². The number of rotatable bonds is 5. The topological polar surface area (TPSA) is 48.0 Å². The Balaban J connectivity index is 1.62. The maximum absolute atomic E-state index is 12.6. The van der Waals surface area contributed by atoms with Gasteiger partial charge in [0.1, 0.15) is 5.75 Å². The van der Waals surface area contributed by atoms with Crippen molar-refractivity contribution in [3.63, 3.8) is 0 Å². The van der Waals surface area contributed by atoms with Crippen molar-refractivity contribution in [3.8, 4) is 17.2 Å². The number of hydrogen-bond donors (Lipinski definition) is 0. The Morgan fingerprint density at radius 2 is 1.64 bits per heavy atom. The Morgan fingerprint density at radius 1 is 1.04 bits per heavy atom. The predicted molar refractivity (Wildman–Crippen MR) is 95.6 cm³/mol. The number of ether oxygens (including phenoxy) is 3. The highest BCUT2D eigenvalue weighted by atomic mass is 19.4. The Hall–Kier alpha value is -2.90. The average Bonchev–Trinajstić information content (AvgIpc) is 2.70. The van der Waals surface area contributed by atoms with Gasteiger partial charge in [0.05, 0.1) is 19.8 Å². The van der Waals surface area contributed by atoms with Crippen LogP contribution in [-0.2, 0) is 23.9 Å². The molecule has 0 unspecified atom stereocenters. The number of hydrogen-bond acceptors (Lipinski definition) is 4. The van der Waals surface area contributed by atoms with Crippen LogP contribution in [0.4, 0.5) is 13.2 Å². The number of benzene rings is 2. The number of alkyl halides is 3. The second-order valence-electron chi connectivity index (χ2n) is 6.35. The lowest BCUT2D eigenvalue weighted by molar-refractivity contribution is -0.138. The summed E-state index contributed by atoms with van der Waals surface area (Å²) in [7, 11) is 3.12. The van der Waals surface area contributed by atoms with Gasteiger partial charge >= 0.3 is 6.18 Å². The molecule has 150 valence electrons. The van der Waals surface area contributed by atoms with E-state index in [4.69, 9.17) is 14.2 Å². The molecule has 1 heterocycles. The van der Waals surface area contributed by atoms with Gasteiger partial charge in [0.2, 0.25) is 0 Å². The van der Waals surface area contributed by atoms with Gasteiger partial charge in [-0.1, -0.05) is 0 Å². The molecule has 1 aliphatic heterocycles. The Morgan fingerprint density at radius 3 is 2.21 bits per heavy atom. The van der Waals surface area contributed by atoms with Crippen LogP contribution in [0.3, 0.4) is 0 Å². The summed E-state index contributed by atoms with van der Waals surface area (Å²) in [5.41, 5.74) is 1.29. The lowest BCUT2D eigenvalue weighted by Gasteiger charge is -2.29. The summed E-state index contributed by atoms with van der Waals surface area (Å²) >= 11 is 0. The van der Waals surface area contributed by atoms with E-state index in [0.717, 1.165) is 23.3 Å². The maximum Gasteiger partial charge on any atom is 0.416 e. The van der Waals surface area contributed by atoms with Crippen LogP contribution < -0.4 is 14.2 Å². The van der Waals surface area contributed by atoms with E-state index < -0.39 is 11.7 Å². The van der Waals surface area contributed by atoms with Crippen molar-refractivity contribution in [1.29, 1.82) is 0 Å². The van der Waals surface area contributed by atoms with Gasteiger partial charge in [-0.25, -0.2) is 0 Å². The molecule has 0 bridgehead atoms. The lowest BCUT2D eigenvalue weighted by atomic mass is 9.99. The average molecular weight is 395 g/mol. The molecule has 2 aromatic carbocycles. The number of methoxy groups -OCH3 is 2. The molecule has 0 atom stereocenters. The van der Waals surface area contributed by atoms with Gasteiger partial charge in [-0.15, -0.1) is 0 Å². The molecular formula is C20H20F3NO4. The number of nitrogens with zero attached hydrogens (tertiary/aromatic N) is 1. The van der Waals surface area contributed by atoms with Crippen LogP contribution in [0.25, 0.3) is 0 Å². The van der Waals surface area contributed by atoms with Gasteiger partial charge in [0.25, 0.3) is 5.91 Å². The van der Waals surface area contributed by atoms with E-state index in [1.807, 2.05) is 12.1 Å². The first-order valence-electron chi connectivity index (χ1n) is 8.63. The van der Waals surface area contributed by atoms with Gasteiger partial charge in [-0.2, -0.15) is 13.2 Å². The monoisotopic (exact) mass is 395 g/mol. The van der Waals surface area contributed by atoms with E-state index in [1.165, 1.54) is 12.1 Å². The molecule has 0 N–H and O–H groups in total. The van der Waals surface area contributed by atoms with Crippen molar-refractivity contribution in [1.82, 2.24) is 4.90 Å². The molecule has 0 spiro atoms. The van der Waals surface area contributed by atoms with Gasteiger partial charge < -0.3 is 19.1 Å². The third-order valence-electron chi connectivity index (χ3n) is 4.61. The van der Waals surface area contributed by atoms with E-state index in [1.54, 1.807) is 19.1 Å².